The summed E-state index contributed by atoms with van der Waals surface area (Å²) < 4.78 is 0. The summed E-state index contributed by atoms with van der Waals surface area (Å²) in [5, 5.41) is 8.46. The van der Waals surface area contributed by atoms with Gasteiger partial charge >= 0.3 is 0 Å². The van der Waals surface area contributed by atoms with Gasteiger partial charge in [-0.2, -0.15) is 5.26 Å². The summed E-state index contributed by atoms with van der Waals surface area (Å²) in [4.78, 5) is 0. The summed E-state index contributed by atoms with van der Waals surface area (Å²) in [6, 6.07) is 2.08. The Labute approximate surface area is 81.5 Å². The molecule has 0 aromatic carbocycles. The van der Waals surface area contributed by atoms with Gasteiger partial charge in [-0.3, -0.25) is 0 Å². The topological polar surface area (TPSA) is 23.8 Å². The van der Waals surface area contributed by atoms with Gasteiger partial charge in [0.1, 0.15) is 0 Å². The molecule has 13 heavy (non-hydrogen) atoms. The summed E-state index contributed by atoms with van der Waals surface area (Å²) >= 11 is 0. The third-order valence-electron chi connectivity index (χ3n) is 3.72. The Morgan fingerprint density at radius 1 is 1.46 bits per heavy atom. The fourth-order valence-corrected chi connectivity index (χ4v) is 2.01. The summed E-state index contributed by atoms with van der Waals surface area (Å²) in [6.07, 6.45) is 5.30. The molecule has 1 unspecified atom stereocenters. The van der Waals surface area contributed by atoms with E-state index < -0.39 is 0 Å². The first kappa shape index (κ1) is 10.3. The second kappa shape index (κ2) is 3.18. The van der Waals surface area contributed by atoms with E-state index in [0.717, 1.165) is 6.42 Å². The van der Waals surface area contributed by atoms with Crippen LogP contribution in [0.5, 0.6) is 0 Å². The predicted octanol–water partition coefficient (Wildman–Crippen LogP) is 3.67. The highest BCUT2D eigenvalue weighted by atomic mass is 14.6. The zero-order chi connectivity index (χ0) is 10.1. The van der Waals surface area contributed by atoms with Gasteiger partial charge in [0.2, 0.25) is 0 Å². The van der Waals surface area contributed by atoms with Crippen molar-refractivity contribution in [2.45, 2.75) is 47.0 Å². The van der Waals surface area contributed by atoms with E-state index in [9.17, 15) is 0 Å². The number of nitriles is 1. The van der Waals surface area contributed by atoms with Crippen LogP contribution >= 0.6 is 0 Å². The minimum Gasteiger partial charge on any atom is -0.193 e. The van der Waals surface area contributed by atoms with Crippen molar-refractivity contribution in [1.29, 1.82) is 5.26 Å². The lowest BCUT2D eigenvalue weighted by molar-refractivity contribution is 0.390. The van der Waals surface area contributed by atoms with Crippen molar-refractivity contribution in [2.24, 2.45) is 10.8 Å². The molecule has 1 aliphatic rings. The zero-order valence-corrected chi connectivity index (χ0v) is 9.15. The van der Waals surface area contributed by atoms with Gasteiger partial charge in [0.05, 0.1) is 6.07 Å². The zero-order valence-electron chi connectivity index (χ0n) is 9.15. The number of hydrogen-bond acceptors (Lipinski definition) is 1. The molecule has 0 saturated heterocycles. The van der Waals surface area contributed by atoms with Crippen LogP contribution in [0, 0.1) is 22.2 Å². The molecular weight excluding hydrogens is 158 g/mol. The van der Waals surface area contributed by atoms with Gasteiger partial charge in [0.15, 0.2) is 0 Å². The van der Waals surface area contributed by atoms with Crippen molar-refractivity contribution in [3.63, 3.8) is 0 Å². The van der Waals surface area contributed by atoms with Gasteiger partial charge in [0.25, 0.3) is 0 Å². The van der Waals surface area contributed by atoms with Gasteiger partial charge in [0, 0.05) is 6.08 Å². The Bertz CT molecular complexity index is 267. The van der Waals surface area contributed by atoms with Crippen molar-refractivity contribution in [3.8, 4) is 6.07 Å². The van der Waals surface area contributed by atoms with Crippen LogP contribution in [-0.2, 0) is 0 Å². The third kappa shape index (κ3) is 2.12. The second-order valence-corrected chi connectivity index (χ2v) is 5.24. The maximum Gasteiger partial charge on any atom is 0.0911 e. The average molecular weight is 177 g/mol. The fraction of sp³-hybridized carbons (Fsp3) is 0.750. The van der Waals surface area contributed by atoms with Crippen LogP contribution in [0.25, 0.3) is 0 Å². The summed E-state index contributed by atoms with van der Waals surface area (Å²) in [7, 11) is 0. The molecule has 1 nitrogen and oxygen atoms in total. The van der Waals surface area contributed by atoms with Crippen LogP contribution in [-0.4, -0.2) is 0 Å². The van der Waals surface area contributed by atoms with Gasteiger partial charge in [-0.25, -0.2) is 0 Å². The highest BCUT2D eigenvalue weighted by Crippen LogP contribution is 2.65. The van der Waals surface area contributed by atoms with Crippen molar-refractivity contribution in [2.75, 3.05) is 0 Å². The number of rotatable bonds is 3. The van der Waals surface area contributed by atoms with E-state index in [2.05, 4.69) is 26.8 Å². The van der Waals surface area contributed by atoms with E-state index in [4.69, 9.17) is 5.26 Å². The molecule has 72 valence electrons. The number of allylic oxidation sites excluding steroid dienone is 2. The van der Waals surface area contributed by atoms with Crippen LogP contribution in [0.15, 0.2) is 11.6 Å². The molecular formula is C12H19N. The van der Waals surface area contributed by atoms with Crippen LogP contribution in [0.4, 0.5) is 0 Å². The molecule has 1 saturated carbocycles. The van der Waals surface area contributed by atoms with E-state index in [1.165, 1.54) is 18.4 Å². The molecule has 1 fully saturated rings. The Morgan fingerprint density at radius 2 is 2.00 bits per heavy atom. The normalized spacial score (nSPS) is 31.2. The lowest BCUT2D eigenvalue weighted by atomic mass is 9.91. The van der Waals surface area contributed by atoms with Crippen LogP contribution in [0.2, 0.25) is 0 Å². The highest BCUT2D eigenvalue weighted by molar-refractivity contribution is 5.13. The maximum atomic E-state index is 8.46. The van der Waals surface area contributed by atoms with E-state index in [1.807, 2.05) is 6.92 Å². The van der Waals surface area contributed by atoms with Crippen LogP contribution < -0.4 is 0 Å². The molecule has 0 heterocycles. The SMILES string of the molecule is CC(=CC#N)CCC1(C)CC1(C)C. The molecule has 1 aliphatic carbocycles. The first-order valence-electron chi connectivity index (χ1n) is 4.97. The van der Waals surface area contributed by atoms with E-state index in [-0.39, 0.29) is 0 Å². The lowest BCUT2D eigenvalue weighted by Crippen LogP contribution is -2.03. The molecule has 0 radical (unpaired) electrons. The van der Waals surface area contributed by atoms with E-state index in [1.54, 1.807) is 6.08 Å². The van der Waals surface area contributed by atoms with Crippen molar-refractivity contribution in [1.82, 2.24) is 0 Å². The summed E-state index contributed by atoms with van der Waals surface area (Å²) in [5.74, 6) is 0. The van der Waals surface area contributed by atoms with Crippen LogP contribution in [0.3, 0.4) is 0 Å². The largest absolute Gasteiger partial charge is 0.193 e. The van der Waals surface area contributed by atoms with Gasteiger partial charge < -0.3 is 0 Å². The minimum absolute atomic E-state index is 0.525. The molecule has 0 aromatic rings. The summed E-state index contributed by atoms with van der Waals surface area (Å²) in [5.41, 5.74) is 2.27. The minimum atomic E-state index is 0.525. The van der Waals surface area contributed by atoms with Crippen molar-refractivity contribution >= 4 is 0 Å². The van der Waals surface area contributed by atoms with Gasteiger partial charge in [-0.1, -0.05) is 26.3 Å². The molecule has 1 heteroatoms. The lowest BCUT2D eigenvalue weighted by Gasteiger charge is -2.14. The predicted molar refractivity (Wildman–Crippen MR) is 55.1 cm³/mol. The quantitative estimate of drug-likeness (QED) is 0.603. The smallest absolute Gasteiger partial charge is 0.0911 e. The second-order valence-electron chi connectivity index (χ2n) is 5.24. The first-order chi connectivity index (χ1) is 5.91. The van der Waals surface area contributed by atoms with Crippen molar-refractivity contribution in [3.05, 3.63) is 11.6 Å². The Hall–Kier alpha value is -0.770. The molecule has 0 aliphatic heterocycles. The standard InChI is InChI=1S/C12H19N/c1-10(6-8-13)5-7-12(4)9-11(12,2)3/h6H,5,7,9H2,1-4H3. The summed E-state index contributed by atoms with van der Waals surface area (Å²) in [6.45, 7) is 9.06. The Kier molecular flexibility index (Phi) is 2.52. The molecule has 0 spiro atoms. The monoisotopic (exact) mass is 177 g/mol. The van der Waals surface area contributed by atoms with Crippen LogP contribution in [0.1, 0.15) is 47.0 Å². The van der Waals surface area contributed by atoms with E-state index >= 15 is 0 Å². The Morgan fingerprint density at radius 3 is 2.38 bits per heavy atom. The first-order valence-corrected chi connectivity index (χ1v) is 4.97. The molecule has 0 amide bonds. The fourth-order valence-electron chi connectivity index (χ4n) is 2.01. The number of hydrogen-bond donors (Lipinski definition) is 0. The molecule has 0 aromatic heterocycles. The van der Waals surface area contributed by atoms with E-state index in [0.29, 0.717) is 10.8 Å². The maximum absolute atomic E-state index is 8.46. The number of nitrogens with zero attached hydrogens (tertiary/aromatic N) is 1. The molecule has 1 rings (SSSR count). The van der Waals surface area contributed by atoms with Gasteiger partial charge in [-0.15, -0.1) is 0 Å². The van der Waals surface area contributed by atoms with Gasteiger partial charge in [-0.05, 0) is 37.0 Å². The Balaban J connectivity index is 2.38. The third-order valence-corrected chi connectivity index (χ3v) is 3.72. The average Bonchev–Trinajstić information content (AvgIpc) is 2.49. The molecule has 1 atom stereocenters. The molecule has 0 bridgehead atoms. The highest BCUT2D eigenvalue weighted by Gasteiger charge is 2.56. The molecule has 0 N–H and O–H groups in total. The van der Waals surface area contributed by atoms with Crippen molar-refractivity contribution < 1.29 is 0 Å².